The first kappa shape index (κ1) is 15.3. The van der Waals surface area contributed by atoms with Crippen molar-refractivity contribution in [3.63, 3.8) is 0 Å². The van der Waals surface area contributed by atoms with Gasteiger partial charge in [0.25, 0.3) is 5.78 Å². The lowest BCUT2D eigenvalue weighted by Gasteiger charge is -2.07. The Hall–Kier alpha value is -1.76. The number of phenols is 1. The molecule has 0 fully saturated rings. The highest BCUT2D eigenvalue weighted by Crippen LogP contribution is 2.44. The van der Waals surface area contributed by atoms with Crippen molar-refractivity contribution < 1.29 is 23.9 Å². The Morgan fingerprint density at radius 1 is 1.58 bits per heavy atom. The maximum absolute atomic E-state index is 11.6. The SMILES string of the molecule is CCO[P+](=O)[C@H](N)c1cc(OC)c(O)c([N+](=O)[O-])c1. The van der Waals surface area contributed by atoms with Gasteiger partial charge in [-0.05, 0) is 17.6 Å². The molecule has 1 aromatic rings. The number of hydrogen-bond donors (Lipinski definition) is 2. The van der Waals surface area contributed by atoms with Gasteiger partial charge in [-0.2, -0.15) is 0 Å². The van der Waals surface area contributed by atoms with Gasteiger partial charge in [-0.15, -0.1) is 4.52 Å². The summed E-state index contributed by atoms with van der Waals surface area (Å²) in [6, 6.07) is 2.34. The maximum atomic E-state index is 11.6. The summed E-state index contributed by atoms with van der Waals surface area (Å²) in [5, 5.41) is 20.4. The molecule has 0 amide bonds. The molecule has 0 radical (unpaired) electrons. The Kier molecular flexibility index (Phi) is 5.17. The first-order valence-electron chi connectivity index (χ1n) is 5.32. The summed E-state index contributed by atoms with van der Waals surface area (Å²) in [6.07, 6.45) is 0. The fraction of sp³-hybridized carbons (Fsp3) is 0.400. The number of nitro groups is 1. The molecule has 2 atom stereocenters. The second-order valence-electron chi connectivity index (χ2n) is 3.50. The molecule has 1 aromatic carbocycles. The zero-order chi connectivity index (χ0) is 14.6. The van der Waals surface area contributed by atoms with Crippen LogP contribution < -0.4 is 10.5 Å². The summed E-state index contributed by atoms with van der Waals surface area (Å²) >= 11 is 0. The Morgan fingerprint density at radius 3 is 2.68 bits per heavy atom. The molecule has 0 aromatic heterocycles. The van der Waals surface area contributed by atoms with Crippen LogP contribution in [0.25, 0.3) is 0 Å². The molecular weight excluding hydrogens is 275 g/mol. The van der Waals surface area contributed by atoms with Gasteiger partial charge in [0.15, 0.2) is 5.75 Å². The summed E-state index contributed by atoms with van der Waals surface area (Å²) in [4.78, 5) is 10.0. The zero-order valence-corrected chi connectivity index (χ0v) is 11.3. The van der Waals surface area contributed by atoms with Gasteiger partial charge in [-0.1, -0.05) is 0 Å². The maximum Gasteiger partial charge on any atom is 0.532 e. The number of methoxy groups -OCH3 is 1. The molecule has 0 spiro atoms. The summed E-state index contributed by atoms with van der Waals surface area (Å²) in [5.41, 5.74) is 5.32. The van der Waals surface area contributed by atoms with E-state index in [2.05, 4.69) is 0 Å². The molecule has 0 aliphatic rings. The lowest BCUT2D eigenvalue weighted by atomic mass is 10.1. The second-order valence-corrected chi connectivity index (χ2v) is 4.88. The molecule has 104 valence electrons. The van der Waals surface area contributed by atoms with Crippen molar-refractivity contribution in [2.75, 3.05) is 13.7 Å². The predicted octanol–water partition coefficient (Wildman–Crippen LogP) is 2.05. The number of nitrogens with two attached hydrogens (primary N) is 1. The average molecular weight is 289 g/mol. The van der Waals surface area contributed by atoms with Crippen LogP contribution in [0.3, 0.4) is 0 Å². The van der Waals surface area contributed by atoms with E-state index in [1.165, 1.54) is 13.2 Å². The molecule has 0 bridgehead atoms. The molecule has 8 nitrogen and oxygen atoms in total. The van der Waals surface area contributed by atoms with E-state index in [1.54, 1.807) is 6.92 Å². The average Bonchev–Trinajstić information content (AvgIpc) is 2.38. The molecule has 9 heteroatoms. The van der Waals surface area contributed by atoms with Crippen LogP contribution in [0.1, 0.15) is 18.3 Å². The van der Waals surface area contributed by atoms with E-state index in [9.17, 15) is 19.8 Å². The minimum absolute atomic E-state index is 0.112. The van der Waals surface area contributed by atoms with Crippen LogP contribution in [0.2, 0.25) is 0 Å². The number of benzene rings is 1. The van der Waals surface area contributed by atoms with E-state index in [1.807, 2.05) is 0 Å². The number of rotatable bonds is 6. The molecule has 19 heavy (non-hydrogen) atoms. The van der Waals surface area contributed by atoms with Gasteiger partial charge in [0, 0.05) is 11.6 Å². The van der Waals surface area contributed by atoms with Crippen molar-refractivity contribution in [3.05, 3.63) is 27.8 Å². The van der Waals surface area contributed by atoms with E-state index in [-0.39, 0.29) is 17.9 Å². The lowest BCUT2D eigenvalue weighted by molar-refractivity contribution is -0.386. The van der Waals surface area contributed by atoms with Gasteiger partial charge in [-0.25, -0.2) is 0 Å². The number of nitrogens with zero attached hydrogens (tertiary/aromatic N) is 1. The van der Waals surface area contributed by atoms with Crippen molar-refractivity contribution in [1.29, 1.82) is 0 Å². The third-order valence-electron chi connectivity index (χ3n) is 2.32. The van der Waals surface area contributed by atoms with Crippen molar-refractivity contribution in [1.82, 2.24) is 0 Å². The Morgan fingerprint density at radius 2 is 2.21 bits per heavy atom. The standard InChI is InChI=1S/C10H13N2O6P/c1-3-18-19(16)10(11)6-4-7(12(14)15)9(13)8(5-6)17-2/h4-5,10H,3,11H2,1-2H3/p+1/t10-/m0/s1. The predicted molar refractivity (Wildman–Crippen MR) is 67.5 cm³/mol. The van der Waals surface area contributed by atoms with Gasteiger partial charge in [0.05, 0.1) is 18.6 Å². The fourth-order valence-electron chi connectivity index (χ4n) is 1.41. The van der Waals surface area contributed by atoms with Gasteiger partial charge >= 0.3 is 13.7 Å². The summed E-state index contributed by atoms with van der Waals surface area (Å²) in [5.74, 6) is -1.75. The van der Waals surface area contributed by atoms with Gasteiger partial charge in [0.2, 0.25) is 5.75 Å². The van der Waals surface area contributed by atoms with Crippen molar-refractivity contribution in [3.8, 4) is 11.5 Å². The number of phenolic OH excluding ortho intramolecular Hbond substituents is 1. The first-order chi connectivity index (χ1) is 8.92. The van der Waals surface area contributed by atoms with Crippen LogP contribution in [0, 0.1) is 10.1 Å². The third kappa shape index (κ3) is 3.37. The third-order valence-corrected chi connectivity index (χ3v) is 3.58. The highest BCUT2D eigenvalue weighted by Gasteiger charge is 2.33. The van der Waals surface area contributed by atoms with Gasteiger partial charge in [0.1, 0.15) is 0 Å². The van der Waals surface area contributed by atoms with Crippen LogP contribution in [-0.4, -0.2) is 23.7 Å². The van der Waals surface area contributed by atoms with Gasteiger partial charge in [-0.3, -0.25) is 15.8 Å². The number of aromatic hydroxyl groups is 1. The lowest BCUT2D eigenvalue weighted by Crippen LogP contribution is -2.08. The van der Waals surface area contributed by atoms with Crippen LogP contribution in [-0.2, 0) is 9.09 Å². The highest BCUT2D eigenvalue weighted by molar-refractivity contribution is 7.39. The Balaban J connectivity index is 3.25. The quantitative estimate of drug-likeness (QED) is 0.466. The van der Waals surface area contributed by atoms with Crippen LogP contribution in [0.5, 0.6) is 11.5 Å². The molecule has 0 heterocycles. The highest BCUT2D eigenvalue weighted by atomic mass is 31.1. The number of nitro benzene ring substituents is 1. The Labute approximate surface area is 110 Å². The van der Waals surface area contributed by atoms with Crippen molar-refractivity contribution in [2.24, 2.45) is 5.73 Å². The Bertz CT molecular complexity index is 507. The second kappa shape index (κ2) is 6.42. The van der Waals surface area contributed by atoms with Crippen molar-refractivity contribution >= 4 is 13.7 Å². The molecule has 0 saturated carbocycles. The van der Waals surface area contributed by atoms with Gasteiger partial charge < -0.3 is 9.84 Å². The topological polar surface area (TPSA) is 125 Å². The van der Waals surface area contributed by atoms with Crippen LogP contribution >= 0.6 is 8.03 Å². The molecule has 0 aliphatic carbocycles. The number of hydrogen-bond acceptors (Lipinski definition) is 7. The summed E-state index contributed by atoms with van der Waals surface area (Å²) in [7, 11) is -0.962. The molecule has 1 rings (SSSR count). The van der Waals surface area contributed by atoms with E-state index in [0.717, 1.165) is 6.07 Å². The molecule has 0 saturated heterocycles. The summed E-state index contributed by atoms with van der Waals surface area (Å²) in [6.45, 7) is 1.86. The van der Waals surface area contributed by atoms with Crippen molar-refractivity contribution in [2.45, 2.75) is 12.7 Å². The van der Waals surface area contributed by atoms with Crippen LogP contribution in [0.4, 0.5) is 5.69 Å². The van der Waals surface area contributed by atoms with E-state index in [0.29, 0.717) is 0 Å². The monoisotopic (exact) mass is 289 g/mol. The normalized spacial score (nSPS) is 12.9. The van der Waals surface area contributed by atoms with E-state index < -0.39 is 30.2 Å². The molecule has 3 N–H and O–H groups in total. The first-order valence-corrected chi connectivity index (χ1v) is 6.57. The van der Waals surface area contributed by atoms with Crippen LogP contribution in [0.15, 0.2) is 12.1 Å². The smallest absolute Gasteiger partial charge is 0.500 e. The minimum Gasteiger partial charge on any atom is -0.500 e. The zero-order valence-electron chi connectivity index (χ0n) is 10.4. The molecular formula is C10H14N2O6P+. The number of ether oxygens (including phenoxy) is 1. The van der Waals surface area contributed by atoms with E-state index in [4.69, 9.17) is 15.0 Å². The molecule has 1 unspecified atom stereocenters. The van der Waals surface area contributed by atoms with E-state index >= 15 is 0 Å². The fourth-order valence-corrected chi connectivity index (χ4v) is 2.22. The summed E-state index contributed by atoms with van der Waals surface area (Å²) < 4.78 is 21.3. The largest absolute Gasteiger partial charge is 0.532 e. The minimum atomic E-state index is -2.21. The molecule has 0 aliphatic heterocycles.